The highest BCUT2D eigenvalue weighted by molar-refractivity contribution is 7.98. The molecule has 2 aromatic rings. The van der Waals surface area contributed by atoms with Gasteiger partial charge in [0.1, 0.15) is 11.9 Å². The molecule has 4 nitrogen and oxygen atoms in total. The van der Waals surface area contributed by atoms with Crippen LogP contribution >= 0.6 is 23.4 Å². The number of hydrogen-bond donors (Lipinski definition) is 1. The van der Waals surface area contributed by atoms with Crippen LogP contribution in [0.3, 0.4) is 0 Å². The Hall–Kier alpha value is -2.19. The number of alkyl halides is 2. The first-order valence-electron chi connectivity index (χ1n) is 8.75. The Balaban J connectivity index is 1.99. The van der Waals surface area contributed by atoms with Gasteiger partial charge >= 0.3 is 0 Å². The van der Waals surface area contributed by atoms with Gasteiger partial charge in [0.05, 0.1) is 0 Å². The maximum atomic E-state index is 14.1. The van der Waals surface area contributed by atoms with E-state index in [1.54, 1.807) is 36.6 Å². The van der Waals surface area contributed by atoms with Crippen LogP contribution in [-0.2, 0) is 9.59 Å². The van der Waals surface area contributed by atoms with Gasteiger partial charge in [0.2, 0.25) is 12.3 Å². The highest BCUT2D eigenvalue weighted by Gasteiger charge is 2.47. The summed E-state index contributed by atoms with van der Waals surface area (Å²) in [6.07, 6.45) is 1.22. The summed E-state index contributed by atoms with van der Waals surface area (Å²) in [7, 11) is 0. The normalized spacial score (nSPS) is 16.6. The van der Waals surface area contributed by atoms with Crippen LogP contribution in [0.25, 0.3) is 0 Å². The van der Waals surface area contributed by atoms with E-state index < -0.39 is 42.6 Å². The lowest BCUT2D eigenvalue weighted by Crippen LogP contribution is -2.53. The second kappa shape index (κ2) is 8.67. The van der Waals surface area contributed by atoms with Crippen molar-refractivity contribution in [3.05, 3.63) is 58.9 Å². The summed E-state index contributed by atoms with van der Waals surface area (Å²) in [5, 5.41) is 2.77. The quantitative estimate of drug-likeness (QED) is 0.494. The highest BCUT2D eigenvalue weighted by atomic mass is 35.5. The van der Waals surface area contributed by atoms with Crippen LogP contribution in [0.2, 0.25) is 5.02 Å². The summed E-state index contributed by atoms with van der Waals surface area (Å²) in [4.78, 5) is 26.6. The minimum Gasteiger partial charge on any atom is -0.351 e. The number of halogens is 4. The van der Waals surface area contributed by atoms with Crippen LogP contribution in [0.15, 0.2) is 47.4 Å². The lowest BCUT2D eigenvalue weighted by Gasteiger charge is -2.37. The number of benzene rings is 2. The van der Waals surface area contributed by atoms with Crippen molar-refractivity contribution in [2.75, 3.05) is 11.2 Å². The molecule has 154 valence electrons. The van der Waals surface area contributed by atoms with Gasteiger partial charge in [-0.1, -0.05) is 29.8 Å². The molecule has 1 N–H and O–H groups in total. The Morgan fingerprint density at radius 2 is 2.00 bits per heavy atom. The van der Waals surface area contributed by atoms with Gasteiger partial charge in [-0.2, -0.15) is 0 Å². The van der Waals surface area contributed by atoms with E-state index in [1.807, 2.05) is 0 Å². The molecular formula is C20H18ClF3N2O2S. The molecule has 0 bridgehead atoms. The van der Waals surface area contributed by atoms with Gasteiger partial charge in [0.25, 0.3) is 5.92 Å². The predicted molar refractivity (Wildman–Crippen MR) is 107 cm³/mol. The van der Waals surface area contributed by atoms with Crippen molar-refractivity contribution in [1.29, 1.82) is 0 Å². The lowest BCUT2D eigenvalue weighted by atomic mass is 9.87. The molecule has 0 aliphatic heterocycles. The summed E-state index contributed by atoms with van der Waals surface area (Å²) in [6.45, 7) is 0. The number of carbonyl (C=O) groups is 2. The van der Waals surface area contributed by atoms with E-state index in [4.69, 9.17) is 11.6 Å². The second-order valence-electron chi connectivity index (χ2n) is 6.76. The molecule has 29 heavy (non-hydrogen) atoms. The van der Waals surface area contributed by atoms with E-state index in [1.165, 1.54) is 17.8 Å². The van der Waals surface area contributed by atoms with Gasteiger partial charge < -0.3 is 5.32 Å². The fraction of sp³-hybridized carbons (Fsp3) is 0.300. The topological polar surface area (TPSA) is 49.4 Å². The van der Waals surface area contributed by atoms with Crippen molar-refractivity contribution >= 4 is 41.4 Å². The smallest absolute Gasteiger partial charge is 0.252 e. The summed E-state index contributed by atoms with van der Waals surface area (Å²) < 4.78 is 40.4. The Morgan fingerprint density at radius 3 is 2.59 bits per heavy atom. The number of nitrogens with one attached hydrogen (secondary N) is 1. The fourth-order valence-corrected chi connectivity index (χ4v) is 3.95. The highest BCUT2D eigenvalue weighted by Crippen LogP contribution is 2.38. The first-order valence-corrected chi connectivity index (χ1v) is 10.3. The minimum absolute atomic E-state index is 0.156. The van der Waals surface area contributed by atoms with Crippen molar-refractivity contribution < 1.29 is 22.8 Å². The molecule has 1 atom stereocenters. The maximum Gasteiger partial charge on any atom is 0.252 e. The van der Waals surface area contributed by atoms with Gasteiger partial charge in [-0.15, -0.1) is 11.8 Å². The van der Waals surface area contributed by atoms with Crippen LogP contribution < -0.4 is 10.2 Å². The predicted octanol–water partition coefficient (Wildman–Crippen LogP) is 4.82. The van der Waals surface area contributed by atoms with Crippen LogP contribution in [0.4, 0.5) is 18.9 Å². The SMILES string of the molecule is CSc1cc(F)cc(N(C=O)[C@H](C(=O)NC2CC(F)(F)C2)c2ccccc2Cl)c1. The molecule has 2 aromatic carbocycles. The zero-order chi connectivity index (χ0) is 21.2. The van der Waals surface area contributed by atoms with Gasteiger partial charge in [0.15, 0.2) is 0 Å². The third-order valence-corrected chi connectivity index (χ3v) is 5.72. The average molecular weight is 443 g/mol. The Morgan fingerprint density at radius 1 is 1.31 bits per heavy atom. The van der Waals surface area contributed by atoms with Crippen molar-refractivity contribution in [1.82, 2.24) is 5.32 Å². The van der Waals surface area contributed by atoms with Crippen molar-refractivity contribution in [3.8, 4) is 0 Å². The van der Waals surface area contributed by atoms with Gasteiger partial charge in [-0.3, -0.25) is 14.5 Å². The Kier molecular flexibility index (Phi) is 6.43. The average Bonchev–Trinajstić information content (AvgIpc) is 2.64. The molecule has 9 heteroatoms. The third kappa shape index (κ3) is 4.87. The minimum atomic E-state index is -2.81. The summed E-state index contributed by atoms with van der Waals surface area (Å²) in [5.41, 5.74) is 0.461. The third-order valence-electron chi connectivity index (χ3n) is 4.67. The summed E-state index contributed by atoms with van der Waals surface area (Å²) >= 11 is 7.53. The molecule has 0 heterocycles. The molecule has 0 radical (unpaired) electrons. The van der Waals surface area contributed by atoms with Crippen molar-refractivity contribution in [3.63, 3.8) is 0 Å². The molecule has 3 rings (SSSR count). The monoisotopic (exact) mass is 442 g/mol. The molecule has 0 saturated heterocycles. The van der Waals surface area contributed by atoms with Crippen LogP contribution in [-0.4, -0.2) is 30.5 Å². The maximum absolute atomic E-state index is 14.1. The molecule has 2 amide bonds. The number of thioether (sulfide) groups is 1. The number of rotatable bonds is 7. The molecule has 1 saturated carbocycles. The van der Waals surface area contributed by atoms with Crippen LogP contribution in [0, 0.1) is 5.82 Å². The van der Waals surface area contributed by atoms with Gasteiger partial charge in [-0.25, -0.2) is 13.2 Å². The lowest BCUT2D eigenvalue weighted by molar-refractivity contribution is -0.131. The van der Waals surface area contributed by atoms with E-state index in [0.29, 0.717) is 16.9 Å². The standard InChI is InChI=1S/C20H18ClF3N2O2S/c1-29-15-7-12(22)6-14(8-15)26(11-27)18(16-4-2-3-5-17(16)21)19(28)25-13-9-20(23,24)10-13/h2-8,11,13,18H,9-10H2,1H3,(H,25,28)/t18-/m0/s1. The Bertz CT molecular complexity index is 920. The molecule has 1 aliphatic carbocycles. The first-order chi connectivity index (χ1) is 13.7. The molecule has 1 fully saturated rings. The van der Waals surface area contributed by atoms with Crippen LogP contribution in [0.1, 0.15) is 24.4 Å². The van der Waals surface area contributed by atoms with Gasteiger partial charge in [0, 0.05) is 40.1 Å². The second-order valence-corrected chi connectivity index (χ2v) is 8.04. The zero-order valence-corrected chi connectivity index (χ0v) is 16.9. The molecule has 0 unspecified atom stereocenters. The molecule has 1 aliphatic rings. The number of carbonyl (C=O) groups excluding carboxylic acids is 2. The molecule has 0 aromatic heterocycles. The largest absolute Gasteiger partial charge is 0.351 e. The van der Waals surface area contributed by atoms with Crippen molar-refractivity contribution in [2.45, 2.75) is 35.7 Å². The van der Waals surface area contributed by atoms with Gasteiger partial charge in [-0.05, 0) is 30.5 Å². The summed E-state index contributed by atoms with van der Waals surface area (Å²) in [5.74, 6) is -4.05. The van der Waals surface area contributed by atoms with E-state index in [2.05, 4.69) is 5.32 Å². The van der Waals surface area contributed by atoms with Crippen molar-refractivity contribution in [2.24, 2.45) is 0 Å². The fourth-order valence-electron chi connectivity index (χ4n) is 3.24. The van der Waals surface area contributed by atoms with E-state index in [9.17, 15) is 22.8 Å². The first kappa shape index (κ1) is 21.5. The zero-order valence-electron chi connectivity index (χ0n) is 15.4. The number of anilines is 1. The number of hydrogen-bond acceptors (Lipinski definition) is 3. The summed E-state index contributed by atoms with van der Waals surface area (Å²) in [6, 6.07) is 8.46. The van der Waals surface area contributed by atoms with E-state index in [-0.39, 0.29) is 10.7 Å². The van der Waals surface area contributed by atoms with E-state index in [0.717, 1.165) is 11.0 Å². The molecular weight excluding hydrogens is 425 g/mol. The molecule has 0 spiro atoms. The van der Waals surface area contributed by atoms with E-state index >= 15 is 0 Å². The number of amides is 2. The Labute approximate surface area is 175 Å². The van der Waals surface area contributed by atoms with Crippen LogP contribution in [0.5, 0.6) is 0 Å². The number of nitrogens with zero attached hydrogens (tertiary/aromatic N) is 1.